The summed E-state index contributed by atoms with van der Waals surface area (Å²) in [7, 11) is 0. The second-order valence-electron chi connectivity index (χ2n) is 5.64. The van der Waals surface area contributed by atoms with E-state index in [2.05, 4.69) is 15.3 Å². The molecule has 2 aromatic rings. The summed E-state index contributed by atoms with van der Waals surface area (Å²) < 4.78 is 45.5. The van der Waals surface area contributed by atoms with Crippen LogP contribution in [0.25, 0.3) is 0 Å². The molecule has 0 atom stereocenters. The molecule has 0 spiro atoms. The van der Waals surface area contributed by atoms with Crippen molar-refractivity contribution in [2.45, 2.75) is 6.18 Å². The van der Waals surface area contributed by atoms with E-state index in [0.717, 1.165) is 6.20 Å². The number of carbonyl (C=O) groups is 1. The SMILES string of the molecule is O=C(c1cnc(Nc2cc(Cl)cc(Cl)c2)nc1C(F)(F)F)N1CCOCC1. The second kappa shape index (κ2) is 7.87. The Hall–Kier alpha value is -2.10. The minimum Gasteiger partial charge on any atom is -0.378 e. The molecule has 1 N–H and O–H groups in total. The zero-order chi connectivity index (χ0) is 19.6. The largest absolute Gasteiger partial charge is 0.434 e. The van der Waals surface area contributed by atoms with Crippen LogP contribution >= 0.6 is 23.2 Å². The molecule has 1 amide bonds. The summed E-state index contributed by atoms with van der Waals surface area (Å²) in [6.07, 6.45) is -3.97. The van der Waals surface area contributed by atoms with Crippen LogP contribution in [-0.2, 0) is 10.9 Å². The molecule has 0 aliphatic carbocycles. The number of amides is 1. The van der Waals surface area contributed by atoms with Crippen molar-refractivity contribution in [2.24, 2.45) is 0 Å². The molecule has 6 nitrogen and oxygen atoms in total. The molecule has 0 bridgehead atoms. The van der Waals surface area contributed by atoms with Gasteiger partial charge in [-0.15, -0.1) is 0 Å². The van der Waals surface area contributed by atoms with E-state index in [1.165, 1.54) is 23.1 Å². The first-order chi connectivity index (χ1) is 12.7. The van der Waals surface area contributed by atoms with E-state index in [-0.39, 0.29) is 32.3 Å². The van der Waals surface area contributed by atoms with Crippen molar-refractivity contribution in [3.8, 4) is 0 Å². The molecular formula is C16H13Cl2F3N4O2. The van der Waals surface area contributed by atoms with Crippen molar-refractivity contribution in [3.05, 3.63) is 45.7 Å². The third-order valence-electron chi connectivity index (χ3n) is 3.70. The third-order valence-corrected chi connectivity index (χ3v) is 4.14. The molecular weight excluding hydrogens is 408 g/mol. The monoisotopic (exact) mass is 420 g/mol. The molecule has 0 unspecified atom stereocenters. The number of hydrogen-bond donors (Lipinski definition) is 1. The van der Waals surface area contributed by atoms with Gasteiger partial charge in [0.25, 0.3) is 5.91 Å². The maximum Gasteiger partial charge on any atom is 0.434 e. The highest BCUT2D eigenvalue weighted by molar-refractivity contribution is 6.35. The number of anilines is 2. The summed E-state index contributed by atoms with van der Waals surface area (Å²) >= 11 is 11.7. The normalized spacial score (nSPS) is 14.9. The van der Waals surface area contributed by atoms with Crippen molar-refractivity contribution in [1.29, 1.82) is 0 Å². The number of rotatable bonds is 3. The summed E-state index contributed by atoms with van der Waals surface area (Å²) in [4.78, 5) is 21.1. The number of aromatic nitrogens is 2. The van der Waals surface area contributed by atoms with Gasteiger partial charge in [-0.25, -0.2) is 9.97 Å². The van der Waals surface area contributed by atoms with Crippen molar-refractivity contribution < 1.29 is 22.7 Å². The second-order valence-corrected chi connectivity index (χ2v) is 6.51. The van der Waals surface area contributed by atoms with Gasteiger partial charge in [-0.3, -0.25) is 4.79 Å². The third kappa shape index (κ3) is 4.79. The zero-order valence-corrected chi connectivity index (χ0v) is 15.2. The Morgan fingerprint density at radius 3 is 2.37 bits per heavy atom. The number of halogens is 5. The quantitative estimate of drug-likeness (QED) is 0.811. The Morgan fingerprint density at radius 2 is 1.78 bits per heavy atom. The maximum absolute atomic E-state index is 13.5. The molecule has 1 aliphatic heterocycles. The first-order valence-electron chi connectivity index (χ1n) is 7.78. The van der Waals surface area contributed by atoms with Crippen molar-refractivity contribution in [3.63, 3.8) is 0 Å². The van der Waals surface area contributed by atoms with Gasteiger partial charge in [0.1, 0.15) is 0 Å². The molecule has 11 heteroatoms. The van der Waals surface area contributed by atoms with Crippen LogP contribution in [0.2, 0.25) is 10.0 Å². The number of morpholine rings is 1. The van der Waals surface area contributed by atoms with Gasteiger partial charge in [-0.1, -0.05) is 23.2 Å². The minimum absolute atomic E-state index is 0.206. The number of benzene rings is 1. The van der Waals surface area contributed by atoms with Crippen LogP contribution in [0.4, 0.5) is 24.8 Å². The predicted molar refractivity (Wildman–Crippen MR) is 93.5 cm³/mol. The van der Waals surface area contributed by atoms with Crippen molar-refractivity contribution in [2.75, 3.05) is 31.6 Å². The first-order valence-corrected chi connectivity index (χ1v) is 8.54. The zero-order valence-electron chi connectivity index (χ0n) is 13.7. The number of nitrogens with zero attached hydrogens (tertiary/aromatic N) is 3. The maximum atomic E-state index is 13.5. The van der Waals surface area contributed by atoms with E-state index in [9.17, 15) is 18.0 Å². The fourth-order valence-corrected chi connectivity index (χ4v) is 3.03. The highest BCUT2D eigenvalue weighted by Crippen LogP contribution is 2.32. The summed E-state index contributed by atoms with van der Waals surface area (Å²) in [5.74, 6) is -1.12. The molecule has 1 saturated heterocycles. The first kappa shape index (κ1) is 19.7. The van der Waals surface area contributed by atoms with Gasteiger partial charge in [-0.05, 0) is 18.2 Å². The summed E-state index contributed by atoms with van der Waals surface area (Å²) in [5, 5.41) is 3.19. The predicted octanol–water partition coefficient (Wildman–Crippen LogP) is 4.02. The molecule has 0 radical (unpaired) electrons. The van der Waals surface area contributed by atoms with E-state index in [1.807, 2.05) is 0 Å². The lowest BCUT2D eigenvalue weighted by Crippen LogP contribution is -2.41. The Bertz CT molecular complexity index is 838. The van der Waals surface area contributed by atoms with Crippen molar-refractivity contribution in [1.82, 2.24) is 14.9 Å². The lowest BCUT2D eigenvalue weighted by molar-refractivity contribution is -0.141. The fourth-order valence-electron chi connectivity index (χ4n) is 2.51. The lowest BCUT2D eigenvalue weighted by Gasteiger charge is -2.27. The van der Waals surface area contributed by atoms with Crippen LogP contribution in [0.3, 0.4) is 0 Å². The molecule has 0 saturated carbocycles. The van der Waals surface area contributed by atoms with Crippen LogP contribution in [0, 0.1) is 0 Å². The molecule has 1 fully saturated rings. The Labute approximate surface area is 162 Å². The summed E-state index contributed by atoms with van der Waals surface area (Å²) in [6.45, 7) is 0.945. The van der Waals surface area contributed by atoms with Gasteiger partial charge < -0.3 is 15.0 Å². The number of nitrogens with one attached hydrogen (secondary N) is 1. The Balaban J connectivity index is 1.93. The van der Waals surface area contributed by atoms with E-state index < -0.39 is 23.3 Å². The molecule has 1 aromatic heterocycles. The minimum atomic E-state index is -4.83. The van der Waals surface area contributed by atoms with Crippen molar-refractivity contribution >= 4 is 40.7 Å². The molecule has 1 aliphatic rings. The van der Waals surface area contributed by atoms with Gasteiger partial charge in [-0.2, -0.15) is 13.2 Å². The van der Waals surface area contributed by atoms with Crippen LogP contribution in [0.15, 0.2) is 24.4 Å². The molecule has 1 aromatic carbocycles. The standard InChI is InChI=1S/C16H13Cl2F3N4O2/c17-9-5-10(18)7-11(6-9)23-15-22-8-12(13(24-15)16(19,20)21)14(26)25-1-3-27-4-2-25/h5-8H,1-4H2,(H,22,23,24). The van der Waals surface area contributed by atoms with Crippen LogP contribution < -0.4 is 5.32 Å². The highest BCUT2D eigenvalue weighted by atomic mass is 35.5. The van der Waals surface area contributed by atoms with E-state index >= 15 is 0 Å². The van der Waals surface area contributed by atoms with Crippen LogP contribution in [-0.4, -0.2) is 47.1 Å². The average molecular weight is 421 g/mol. The van der Waals surface area contributed by atoms with Gasteiger partial charge >= 0.3 is 6.18 Å². The molecule has 2 heterocycles. The van der Waals surface area contributed by atoms with E-state index in [4.69, 9.17) is 27.9 Å². The summed E-state index contributed by atoms with van der Waals surface area (Å²) in [6, 6.07) is 4.38. The average Bonchev–Trinajstić information content (AvgIpc) is 2.60. The number of ether oxygens (including phenoxy) is 1. The van der Waals surface area contributed by atoms with Gasteiger partial charge in [0.2, 0.25) is 5.95 Å². The van der Waals surface area contributed by atoms with Crippen LogP contribution in [0.5, 0.6) is 0 Å². The Kier molecular flexibility index (Phi) is 5.73. The summed E-state index contributed by atoms with van der Waals surface area (Å²) in [5.41, 5.74) is -1.61. The molecule has 144 valence electrons. The fraction of sp³-hybridized carbons (Fsp3) is 0.312. The van der Waals surface area contributed by atoms with Gasteiger partial charge in [0.15, 0.2) is 5.69 Å². The van der Waals surface area contributed by atoms with E-state index in [0.29, 0.717) is 15.7 Å². The smallest absolute Gasteiger partial charge is 0.378 e. The molecule has 3 rings (SSSR count). The van der Waals surface area contributed by atoms with E-state index in [1.54, 1.807) is 0 Å². The topological polar surface area (TPSA) is 67.4 Å². The lowest BCUT2D eigenvalue weighted by atomic mass is 10.2. The number of carbonyl (C=O) groups excluding carboxylic acids is 1. The van der Waals surface area contributed by atoms with Gasteiger partial charge in [0.05, 0.1) is 18.8 Å². The Morgan fingerprint density at radius 1 is 1.15 bits per heavy atom. The molecule has 27 heavy (non-hydrogen) atoms. The highest BCUT2D eigenvalue weighted by Gasteiger charge is 2.39. The number of hydrogen-bond acceptors (Lipinski definition) is 5. The number of alkyl halides is 3. The van der Waals surface area contributed by atoms with Gasteiger partial charge in [0, 0.05) is 35.0 Å². The van der Waals surface area contributed by atoms with Crippen LogP contribution in [0.1, 0.15) is 16.1 Å².